The van der Waals surface area contributed by atoms with Crippen LogP contribution in [0.4, 0.5) is 11.4 Å². The number of carbonyl (C=O) groups excluding carboxylic acids is 1. The average Bonchev–Trinajstić information content (AvgIpc) is 3.02. The Morgan fingerprint density at radius 3 is 2.63 bits per heavy atom. The number of piperazine rings is 1. The van der Waals surface area contributed by atoms with Gasteiger partial charge < -0.3 is 9.80 Å². The second kappa shape index (κ2) is 7.91. The molecule has 142 valence electrons. The molecule has 0 spiro atoms. The molecule has 1 amide bonds. The van der Waals surface area contributed by atoms with E-state index in [1.54, 1.807) is 0 Å². The fourth-order valence-corrected chi connectivity index (χ4v) is 4.41. The Bertz CT molecular complexity index is 817. The highest BCUT2D eigenvalue weighted by molar-refractivity contribution is 6.30. The Labute approximate surface area is 166 Å². The molecule has 0 radical (unpaired) electrons. The van der Waals surface area contributed by atoms with Crippen LogP contribution < -0.4 is 9.80 Å². The summed E-state index contributed by atoms with van der Waals surface area (Å²) in [6.07, 6.45) is 1.54. The van der Waals surface area contributed by atoms with Crippen molar-refractivity contribution in [1.82, 2.24) is 4.90 Å². The van der Waals surface area contributed by atoms with Gasteiger partial charge in [-0.1, -0.05) is 35.9 Å². The lowest BCUT2D eigenvalue weighted by molar-refractivity contribution is -0.119. The number of hydrogen-bond donors (Lipinski definition) is 0. The minimum absolute atomic E-state index is 0.240. The smallest absolute Gasteiger partial charge is 0.228 e. The molecule has 4 rings (SSSR count). The number of fused-ring (bicyclic) bond motifs is 1. The van der Waals surface area contributed by atoms with Crippen molar-refractivity contribution in [2.75, 3.05) is 42.5 Å². The first-order valence-corrected chi connectivity index (χ1v) is 10.1. The SMILES string of the molecule is CC1Cc2ccccc2N1C(=O)CCN1CCN(c2cccc(Cl)c2)CC1. The van der Waals surface area contributed by atoms with Gasteiger partial charge in [0.15, 0.2) is 0 Å². The first-order chi connectivity index (χ1) is 13.1. The molecule has 2 aliphatic heterocycles. The van der Waals surface area contributed by atoms with Crippen LogP contribution in [0.5, 0.6) is 0 Å². The number of anilines is 2. The average molecular weight is 384 g/mol. The molecule has 0 aliphatic carbocycles. The Hall–Kier alpha value is -2.04. The fourth-order valence-electron chi connectivity index (χ4n) is 4.22. The molecule has 1 unspecified atom stereocenters. The van der Waals surface area contributed by atoms with E-state index in [4.69, 9.17) is 11.6 Å². The van der Waals surface area contributed by atoms with E-state index >= 15 is 0 Å². The van der Waals surface area contributed by atoms with E-state index in [0.717, 1.165) is 49.9 Å². The molecule has 4 nitrogen and oxygen atoms in total. The third kappa shape index (κ3) is 3.97. The van der Waals surface area contributed by atoms with Gasteiger partial charge in [-0.3, -0.25) is 9.69 Å². The van der Waals surface area contributed by atoms with Crippen molar-refractivity contribution >= 4 is 28.9 Å². The maximum absolute atomic E-state index is 12.9. The molecular formula is C22H26ClN3O. The lowest BCUT2D eigenvalue weighted by Crippen LogP contribution is -2.47. The molecule has 1 saturated heterocycles. The molecule has 0 saturated carbocycles. The number of benzene rings is 2. The molecule has 2 aliphatic rings. The number of halogens is 1. The van der Waals surface area contributed by atoms with Crippen LogP contribution in [0.3, 0.4) is 0 Å². The van der Waals surface area contributed by atoms with E-state index in [9.17, 15) is 4.79 Å². The number of amides is 1. The summed E-state index contributed by atoms with van der Waals surface area (Å²) in [6.45, 7) is 6.86. The van der Waals surface area contributed by atoms with Gasteiger partial charge in [0.1, 0.15) is 0 Å². The number of hydrogen-bond acceptors (Lipinski definition) is 3. The van der Waals surface area contributed by atoms with Crippen molar-refractivity contribution in [2.24, 2.45) is 0 Å². The van der Waals surface area contributed by atoms with Crippen LogP contribution in [0.25, 0.3) is 0 Å². The first kappa shape index (κ1) is 18.3. The van der Waals surface area contributed by atoms with Crippen LogP contribution in [0.2, 0.25) is 5.02 Å². The minimum Gasteiger partial charge on any atom is -0.369 e. The standard InChI is InChI=1S/C22H26ClN3O/c1-17-15-18-5-2-3-8-21(18)26(17)22(27)9-10-24-11-13-25(14-12-24)20-7-4-6-19(23)16-20/h2-8,16-17H,9-15H2,1H3. The van der Waals surface area contributed by atoms with Gasteiger partial charge in [0.05, 0.1) is 0 Å². The second-order valence-corrected chi connectivity index (χ2v) is 7.94. The zero-order valence-corrected chi connectivity index (χ0v) is 16.5. The van der Waals surface area contributed by atoms with Crippen molar-refractivity contribution in [3.8, 4) is 0 Å². The van der Waals surface area contributed by atoms with Crippen LogP contribution >= 0.6 is 11.6 Å². The summed E-state index contributed by atoms with van der Waals surface area (Å²) in [4.78, 5) is 19.6. The van der Waals surface area contributed by atoms with E-state index in [1.165, 1.54) is 11.3 Å². The summed E-state index contributed by atoms with van der Waals surface area (Å²) in [5, 5.41) is 0.778. The summed E-state index contributed by atoms with van der Waals surface area (Å²) in [7, 11) is 0. The Morgan fingerprint density at radius 1 is 1.07 bits per heavy atom. The normalized spacial score (nSPS) is 20.0. The summed E-state index contributed by atoms with van der Waals surface area (Å²) >= 11 is 6.11. The quantitative estimate of drug-likeness (QED) is 0.802. The van der Waals surface area contributed by atoms with Gasteiger partial charge in [-0.2, -0.15) is 0 Å². The maximum Gasteiger partial charge on any atom is 0.228 e. The number of carbonyl (C=O) groups is 1. The molecule has 0 N–H and O–H groups in total. The zero-order chi connectivity index (χ0) is 18.8. The van der Waals surface area contributed by atoms with Gasteiger partial charge in [-0.05, 0) is 43.2 Å². The van der Waals surface area contributed by atoms with Crippen LogP contribution in [-0.2, 0) is 11.2 Å². The summed E-state index contributed by atoms with van der Waals surface area (Å²) < 4.78 is 0. The highest BCUT2D eigenvalue weighted by Gasteiger charge is 2.30. The molecule has 0 aromatic heterocycles. The van der Waals surface area contributed by atoms with E-state index < -0.39 is 0 Å². The summed E-state index contributed by atoms with van der Waals surface area (Å²) in [6, 6.07) is 16.6. The van der Waals surface area contributed by atoms with E-state index in [-0.39, 0.29) is 11.9 Å². The van der Waals surface area contributed by atoms with Crippen molar-refractivity contribution in [1.29, 1.82) is 0 Å². The monoisotopic (exact) mass is 383 g/mol. The van der Waals surface area contributed by atoms with Gasteiger partial charge in [0.25, 0.3) is 0 Å². The van der Waals surface area contributed by atoms with Gasteiger partial charge >= 0.3 is 0 Å². The molecule has 1 fully saturated rings. The fraction of sp³-hybridized carbons (Fsp3) is 0.409. The molecule has 27 heavy (non-hydrogen) atoms. The van der Waals surface area contributed by atoms with Gasteiger partial charge in [-0.15, -0.1) is 0 Å². The van der Waals surface area contributed by atoms with Crippen LogP contribution in [-0.4, -0.2) is 49.6 Å². The van der Waals surface area contributed by atoms with Gasteiger partial charge in [0, 0.05) is 61.6 Å². The molecule has 0 bridgehead atoms. The molecule has 2 aromatic rings. The largest absolute Gasteiger partial charge is 0.369 e. The van der Waals surface area contributed by atoms with Crippen LogP contribution in [0, 0.1) is 0 Å². The molecular weight excluding hydrogens is 358 g/mol. The molecule has 2 aromatic carbocycles. The second-order valence-electron chi connectivity index (χ2n) is 7.50. The van der Waals surface area contributed by atoms with E-state index in [1.807, 2.05) is 29.2 Å². The van der Waals surface area contributed by atoms with Crippen molar-refractivity contribution in [3.05, 3.63) is 59.1 Å². The summed E-state index contributed by atoms with van der Waals surface area (Å²) in [5.74, 6) is 0.240. The van der Waals surface area contributed by atoms with Crippen LogP contribution in [0.15, 0.2) is 48.5 Å². The Morgan fingerprint density at radius 2 is 1.85 bits per heavy atom. The molecule has 1 atom stereocenters. The lowest BCUT2D eigenvalue weighted by atomic mass is 10.1. The molecule has 2 heterocycles. The van der Waals surface area contributed by atoms with Crippen molar-refractivity contribution < 1.29 is 4.79 Å². The highest BCUT2D eigenvalue weighted by atomic mass is 35.5. The first-order valence-electron chi connectivity index (χ1n) is 9.74. The van der Waals surface area contributed by atoms with E-state index in [2.05, 4.69) is 41.0 Å². The van der Waals surface area contributed by atoms with Gasteiger partial charge in [0.2, 0.25) is 5.91 Å². The Kier molecular flexibility index (Phi) is 5.37. The Balaban J connectivity index is 1.30. The maximum atomic E-state index is 12.9. The minimum atomic E-state index is 0.240. The topological polar surface area (TPSA) is 26.8 Å². The lowest BCUT2D eigenvalue weighted by Gasteiger charge is -2.36. The number of rotatable bonds is 4. The van der Waals surface area contributed by atoms with E-state index in [0.29, 0.717) is 6.42 Å². The predicted molar refractivity (Wildman–Crippen MR) is 112 cm³/mol. The molecule has 5 heteroatoms. The van der Waals surface area contributed by atoms with Gasteiger partial charge in [-0.25, -0.2) is 0 Å². The highest BCUT2D eigenvalue weighted by Crippen LogP contribution is 2.32. The van der Waals surface area contributed by atoms with Crippen molar-refractivity contribution in [3.63, 3.8) is 0 Å². The third-order valence-electron chi connectivity index (χ3n) is 5.66. The summed E-state index contributed by atoms with van der Waals surface area (Å²) in [5.41, 5.74) is 3.56. The third-order valence-corrected chi connectivity index (χ3v) is 5.90. The van der Waals surface area contributed by atoms with Crippen LogP contribution in [0.1, 0.15) is 18.9 Å². The van der Waals surface area contributed by atoms with Crippen molar-refractivity contribution in [2.45, 2.75) is 25.8 Å². The zero-order valence-electron chi connectivity index (χ0n) is 15.8. The number of nitrogens with zero attached hydrogens (tertiary/aromatic N) is 3. The number of para-hydroxylation sites is 1. The predicted octanol–water partition coefficient (Wildman–Crippen LogP) is 3.83.